The number of rotatable bonds is 8. The molecule has 2 aromatic carbocycles. The molecule has 0 unspecified atom stereocenters. The summed E-state index contributed by atoms with van der Waals surface area (Å²) in [5, 5.41) is 10.6. The van der Waals surface area contributed by atoms with Crippen molar-refractivity contribution in [2.75, 3.05) is 11.9 Å². The Kier molecular flexibility index (Phi) is 7.57. The Balaban J connectivity index is 1.99. The summed E-state index contributed by atoms with van der Waals surface area (Å²) >= 11 is 0. The van der Waals surface area contributed by atoms with Crippen molar-refractivity contribution in [3.8, 4) is 6.07 Å². The van der Waals surface area contributed by atoms with Gasteiger partial charge in [0.25, 0.3) is 5.91 Å². The van der Waals surface area contributed by atoms with Crippen LogP contribution in [0.2, 0.25) is 0 Å². The van der Waals surface area contributed by atoms with Crippen molar-refractivity contribution in [2.45, 2.75) is 24.3 Å². The van der Waals surface area contributed by atoms with E-state index < -0.39 is 39.6 Å². The molecule has 0 fully saturated rings. The molecule has 0 saturated carbocycles. The summed E-state index contributed by atoms with van der Waals surface area (Å²) in [6, 6.07) is 9.13. The number of anilines is 1. The summed E-state index contributed by atoms with van der Waals surface area (Å²) in [5.74, 6) is -3.54. The van der Waals surface area contributed by atoms with Crippen molar-refractivity contribution < 1.29 is 31.5 Å². The summed E-state index contributed by atoms with van der Waals surface area (Å²) < 4.78 is 57.8. The average Bonchev–Trinajstić information content (AvgIpc) is 2.70. The largest absolute Gasteiger partial charge is 0.449 e. The van der Waals surface area contributed by atoms with Gasteiger partial charge >= 0.3 is 5.97 Å². The van der Waals surface area contributed by atoms with Gasteiger partial charge in [-0.1, -0.05) is 0 Å². The number of carbonyl (C=O) groups excluding carboxylic acids is 2. The number of sulfonamides is 1. The van der Waals surface area contributed by atoms with Crippen LogP contribution in [-0.4, -0.2) is 32.9 Å². The van der Waals surface area contributed by atoms with Crippen molar-refractivity contribution in [2.24, 2.45) is 0 Å². The molecule has 158 valence electrons. The van der Waals surface area contributed by atoms with Gasteiger partial charge in [0, 0.05) is 19.0 Å². The zero-order chi connectivity index (χ0) is 22.3. The van der Waals surface area contributed by atoms with Gasteiger partial charge < -0.3 is 10.1 Å². The maximum Gasteiger partial charge on any atom is 0.338 e. The lowest BCUT2D eigenvalue weighted by Gasteiger charge is -2.14. The number of carbonyl (C=O) groups is 2. The van der Waals surface area contributed by atoms with E-state index in [4.69, 9.17) is 10.00 Å². The van der Waals surface area contributed by atoms with Crippen LogP contribution >= 0.6 is 0 Å². The number of hydrogen-bond acceptors (Lipinski definition) is 6. The third-order valence-electron chi connectivity index (χ3n) is 3.77. The van der Waals surface area contributed by atoms with Crippen LogP contribution in [0.4, 0.5) is 14.5 Å². The van der Waals surface area contributed by atoms with Crippen molar-refractivity contribution >= 4 is 27.6 Å². The molecule has 2 rings (SSSR count). The number of ether oxygens (including phenoxy) is 1. The van der Waals surface area contributed by atoms with E-state index in [1.807, 2.05) is 0 Å². The Bertz CT molecular complexity index is 1080. The third-order valence-corrected chi connectivity index (χ3v) is 5.25. The molecular formula is C19H17F2N3O5S. The monoisotopic (exact) mass is 437 g/mol. The molecule has 1 atom stereocenters. The molecule has 0 aliphatic rings. The molecule has 8 nitrogen and oxygen atoms in total. The van der Waals surface area contributed by atoms with Gasteiger partial charge in [-0.25, -0.2) is 26.7 Å². The quantitative estimate of drug-likeness (QED) is 0.482. The van der Waals surface area contributed by atoms with E-state index in [2.05, 4.69) is 10.0 Å². The highest BCUT2D eigenvalue weighted by molar-refractivity contribution is 7.89. The van der Waals surface area contributed by atoms with E-state index in [-0.39, 0.29) is 29.1 Å². The van der Waals surface area contributed by atoms with Crippen molar-refractivity contribution in [3.63, 3.8) is 0 Å². The first-order chi connectivity index (χ1) is 14.1. The van der Waals surface area contributed by atoms with Crippen LogP contribution in [0.5, 0.6) is 0 Å². The highest BCUT2D eigenvalue weighted by Crippen LogP contribution is 2.16. The van der Waals surface area contributed by atoms with Gasteiger partial charge in [0.2, 0.25) is 10.0 Å². The number of hydrogen-bond donors (Lipinski definition) is 2. The molecule has 30 heavy (non-hydrogen) atoms. The minimum absolute atomic E-state index is 0.00537. The van der Waals surface area contributed by atoms with Gasteiger partial charge in [-0.3, -0.25) is 4.79 Å². The first kappa shape index (κ1) is 22.9. The van der Waals surface area contributed by atoms with E-state index >= 15 is 0 Å². The molecule has 0 aliphatic heterocycles. The zero-order valence-corrected chi connectivity index (χ0v) is 16.5. The van der Waals surface area contributed by atoms with Gasteiger partial charge in [0.05, 0.1) is 22.2 Å². The lowest BCUT2D eigenvalue weighted by molar-refractivity contribution is -0.123. The minimum atomic E-state index is -3.83. The summed E-state index contributed by atoms with van der Waals surface area (Å²) in [7, 11) is -3.83. The van der Waals surface area contributed by atoms with E-state index in [0.29, 0.717) is 6.07 Å². The van der Waals surface area contributed by atoms with Gasteiger partial charge in [0.1, 0.15) is 11.6 Å². The fourth-order valence-corrected chi connectivity index (χ4v) is 3.23. The molecule has 0 aromatic heterocycles. The first-order valence-electron chi connectivity index (χ1n) is 8.57. The number of nitriles is 1. The molecule has 11 heteroatoms. The van der Waals surface area contributed by atoms with Gasteiger partial charge in [-0.2, -0.15) is 5.26 Å². The second-order valence-electron chi connectivity index (χ2n) is 5.99. The fourth-order valence-electron chi connectivity index (χ4n) is 2.20. The van der Waals surface area contributed by atoms with Crippen LogP contribution in [0, 0.1) is 23.0 Å². The lowest BCUT2D eigenvalue weighted by atomic mass is 10.2. The van der Waals surface area contributed by atoms with E-state index in [0.717, 1.165) is 12.1 Å². The molecule has 2 N–H and O–H groups in total. The summed E-state index contributed by atoms with van der Waals surface area (Å²) in [5.41, 5.74) is -0.290. The molecule has 2 aromatic rings. The van der Waals surface area contributed by atoms with E-state index in [1.165, 1.54) is 31.2 Å². The molecule has 0 radical (unpaired) electrons. The van der Waals surface area contributed by atoms with Crippen LogP contribution in [0.15, 0.2) is 47.4 Å². The van der Waals surface area contributed by atoms with E-state index in [9.17, 15) is 26.8 Å². The number of amides is 1. The molecule has 1 amide bonds. The minimum Gasteiger partial charge on any atom is -0.449 e. The second kappa shape index (κ2) is 9.91. The predicted molar refractivity (Wildman–Crippen MR) is 102 cm³/mol. The van der Waals surface area contributed by atoms with Crippen LogP contribution in [0.1, 0.15) is 23.7 Å². The Morgan fingerprint density at radius 2 is 1.83 bits per heavy atom. The highest BCUT2D eigenvalue weighted by atomic mass is 32.2. The zero-order valence-electron chi connectivity index (χ0n) is 15.7. The third kappa shape index (κ3) is 6.07. The molecule has 0 aliphatic carbocycles. The van der Waals surface area contributed by atoms with Crippen molar-refractivity contribution in [1.82, 2.24) is 4.72 Å². The van der Waals surface area contributed by atoms with E-state index in [1.54, 1.807) is 6.07 Å². The first-order valence-corrected chi connectivity index (χ1v) is 10.1. The smallest absolute Gasteiger partial charge is 0.338 e. The summed E-state index contributed by atoms with van der Waals surface area (Å²) in [6.07, 6.45) is -1.30. The molecule has 0 bridgehead atoms. The number of benzene rings is 2. The normalized spacial score (nSPS) is 11.9. The maximum absolute atomic E-state index is 13.6. The van der Waals surface area contributed by atoms with Gasteiger partial charge in [-0.15, -0.1) is 0 Å². The molecule has 0 heterocycles. The highest BCUT2D eigenvalue weighted by Gasteiger charge is 2.21. The summed E-state index contributed by atoms with van der Waals surface area (Å²) in [6.45, 7) is 1.20. The van der Waals surface area contributed by atoms with Crippen molar-refractivity contribution in [1.29, 1.82) is 5.26 Å². The number of halogens is 2. The lowest BCUT2D eigenvalue weighted by Crippen LogP contribution is -2.30. The predicted octanol–water partition coefficient (Wildman–Crippen LogP) is 2.34. The summed E-state index contributed by atoms with van der Waals surface area (Å²) in [4.78, 5) is 24.1. The van der Waals surface area contributed by atoms with Crippen LogP contribution in [0.3, 0.4) is 0 Å². The topological polar surface area (TPSA) is 125 Å². The SMILES string of the molecule is C[C@H](OC(=O)c1ccc(S(=O)(=O)NCCC#N)cc1)C(=O)Nc1ccc(F)cc1F. The molecule has 0 saturated heterocycles. The van der Waals surface area contributed by atoms with Crippen LogP contribution < -0.4 is 10.0 Å². The molecular weight excluding hydrogens is 420 g/mol. The number of nitrogens with one attached hydrogen (secondary N) is 2. The van der Waals surface area contributed by atoms with Crippen LogP contribution in [-0.2, 0) is 19.6 Å². The van der Waals surface area contributed by atoms with Gasteiger partial charge in [0.15, 0.2) is 6.10 Å². The van der Waals surface area contributed by atoms with Gasteiger partial charge in [-0.05, 0) is 43.3 Å². The Hall–Kier alpha value is -3.36. The maximum atomic E-state index is 13.6. The molecule has 0 spiro atoms. The second-order valence-corrected chi connectivity index (χ2v) is 7.76. The van der Waals surface area contributed by atoms with Crippen molar-refractivity contribution in [3.05, 3.63) is 59.7 Å². The Labute approximate surface area is 171 Å². The average molecular weight is 437 g/mol. The number of nitrogens with zero attached hydrogens (tertiary/aromatic N) is 1. The standard InChI is InChI=1S/C19H17F2N3O5S/c1-12(18(25)24-17-8-5-14(20)11-16(17)21)29-19(26)13-3-6-15(7-4-13)30(27,28)23-10-2-9-22/h3-8,11-12,23H,2,10H2,1H3,(H,24,25)/t12-/m0/s1. The number of esters is 1. The Morgan fingerprint density at radius 1 is 1.17 bits per heavy atom. The van der Waals surface area contributed by atoms with Crippen LogP contribution in [0.25, 0.3) is 0 Å². The fraction of sp³-hybridized carbons (Fsp3) is 0.211. The Morgan fingerprint density at radius 3 is 2.43 bits per heavy atom.